The van der Waals surface area contributed by atoms with Crippen LogP contribution in [0.15, 0.2) is 42.6 Å². The highest BCUT2D eigenvalue weighted by atomic mass is 15.2. The predicted octanol–water partition coefficient (Wildman–Crippen LogP) is 2.38. The van der Waals surface area contributed by atoms with Gasteiger partial charge in [-0.2, -0.15) is 0 Å². The Labute approximate surface area is 121 Å². The molecule has 0 amide bonds. The molecule has 0 aliphatic carbocycles. The van der Waals surface area contributed by atoms with E-state index in [9.17, 15) is 0 Å². The molecule has 21 heavy (non-hydrogen) atoms. The molecule has 102 valence electrons. The Morgan fingerprint density at radius 3 is 2.90 bits per heavy atom. The van der Waals surface area contributed by atoms with Crippen molar-refractivity contribution < 1.29 is 4.57 Å². The number of rotatable bonds is 0. The molecule has 1 aromatic carbocycles. The molecule has 0 radical (unpaired) electrons. The molecule has 0 saturated carbocycles. The summed E-state index contributed by atoms with van der Waals surface area (Å²) in [5, 5.41) is 1.31. The topological polar surface area (TPSA) is 26.6 Å². The van der Waals surface area contributed by atoms with Gasteiger partial charge in [0.25, 0.3) is 11.5 Å². The van der Waals surface area contributed by atoms with Crippen molar-refractivity contribution in [1.29, 1.82) is 0 Å². The Morgan fingerprint density at radius 2 is 2.00 bits per heavy atom. The van der Waals surface area contributed by atoms with Crippen molar-refractivity contribution in [2.75, 3.05) is 0 Å². The standard InChI is InChI=1S/C17H15N4/c1-19-13-8-4-3-7-12(13)15-17(19)20(2)16-14-11(10-21(15)16)6-5-9-18-14/h3-9H,10H2,1-2H3/q+1. The summed E-state index contributed by atoms with van der Waals surface area (Å²) in [5.41, 5.74) is 6.25. The minimum atomic E-state index is 0.907. The van der Waals surface area contributed by atoms with E-state index in [0.29, 0.717) is 0 Å². The molecular formula is C17H15N4+. The van der Waals surface area contributed by atoms with Crippen molar-refractivity contribution in [3.05, 3.63) is 48.2 Å². The van der Waals surface area contributed by atoms with Gasteiger partial charge in [-0.25, -0.2) is 14.1 Å². The Morgan fingerprint density at radius 1 is 1.14 bits per heavy atom. The highest BCUT2D eigenvalue weighted by Crippen LogP contribution is 2.35. The second-order valence-electron chi connectivity index (χ2n) is 5.73. The van der Waals surface area contributed by atoms with Gasteiger partial charge in [0, 0.05) is 11.8 Å². The number of fused-ring (bicyclic) bond motifs is 7. The van der Waals surface area contributed by atoms with Gasteiger partial charge in [0.05, 0.1) is 26.0 Å². The van der Waals surface area contributed by atoms with Crippen molar-refractivity contribution in [1.82, 2.24) is 14.1 Å². The lowest BCUT2D eigenvalue weighted by atomic mass is 10.2. The Bertz CT molecular complexity index is 1040. The van der Waals surface area contributed by atoms with E-state index in [-0.39, 0.29) is 0 Å². The van der Waals surface area contributed by atoms with Crippen LogP contribution in [0.1, 0.15) is 5.56 Å². The fraction of sp³-hybridized carbons (Fsp3) is 0.176. The van der Waals surface area contributed by atoms with Gasteiger partial charge in [0.2, 0.25) is 0 Å². The van der Waals surface area contributed by atoms with E-state index >= 15 is 0 Å². The molecule has 4 aromatic rings. The molecule has 0 fully saturated rings. The first kappa shape index (κ1) is 11.1. The van der Waals surface area contributed by atoms with E-state index in [1.807, 2.05) is 12.3 Å². The quantitative estimate of drug-likeness (QED) is 0.399. The van der Waals surface area contributed by atoms with Crippen molar-refractivity contribution in [3.63, 3.8) is 0 Å². The maximum Gasteiger partial charge on any atom is 0.269 e. The Hall–Kier alpha value is -2.62. The molecule has 5 rings (SSSR count). The molecule has 3 aromatic heterocycles. The fourth-order valence-electron chi connectivity index (χ4n) is 3.78. The molecule has 0 unspecified atom stereocenters. The number of imidazole rings is 1. The number of nitrogens with zero attached hydrogens (tertiary/aromatic N) is 4. The average Bonchev–Trinajstić information content (AvgIpc) is 3.11. The van der Waals surface area contributed by atoms with Crippen LogP contribution in [0.3, 0.4) is 0 Å². The van der Waals surface area contributed by atoms with E-state index in [0.717, 1.165) is 12.2 Å². The Balaban J connectivity index is 2.03. The first-order valence-corrected chi connectivity index (χ1v) is 7.17. The molecule has 4 nitrogen and oxygen atoms in total. The number of benzene rings is 1. The Kier molecular flexibility index (Phi) is 1.86. The first-order chi connectivity index (χ1) is 10.3. The van der Waals surface area contributed by atoms with Crippen LogP contribution >= 0.6 is 0 Å². The fourth-order valence-corrected chi connectivity index (χ4v) is 3.78. The van der Waals surface area contributed by atoms with Gasteiger partial charge in [0.15, 0.2) is 5.52 Å². The summed E-state index contributed by atoms with van der Waals surface area (Å²) in [4.78, 5) is 4.60. The summed E-state index contributed by atoms with van der Waals surface area (Å²) in [6.45, 7) is 0.907. The number of pyridine rings is 1. The summed E-state index contributed by atoms with van der Waals surface area (Å²) in [6.07, 6.45) is 1.88. The zero-order valence-corrected chi connectivity index (χ0v) is 12.0. The maximum absolute atomic E-state index is 4.60. The van der Waals surface area contributed by atoms with Crippen LogP contribution in [0.4, 0.5) is 0 Å². The number of aryl methyl sites for hydroxylation is 2. The van der Waals surface area contributed by atoms with Crippen LogP contribution in [-0.2, 0) is 20.6 Å². The van der Waals surface area contributed by atoms with Crippen LogP contribution in [-0.4, -0.2) is 14.1 Å². The van der Waals surface area contributed by atoms with E-state index in [1.54, 1.807) is 0 Å². The molecule has 0 spiro atoms. The normalized spacial score (nSPS) is 13.0. The van der Waals surface area contributed by atoms with Gasteiger partial charge in [0.1, 0.15) is 11.2 Å². The summed E-state index contributed by atoms with van der Waals surface area (Å²) in [6, 6.07) is 12.8. The van der Waals surface area contributed by atoms with Gasteiger partial charge >= 0.3 is 0 Å². The zero-order chi connectivity index (χ0) is 14.1. The molecule has 4 heteroatoms. The number of hydrogen-bond donors (Lipinski definition) is 0. The van der Waals surface area contributed by atoms with Gasteiger partial charge in [-0.1, -0.05) is 18.2 Å². The molecule has 0 bridgehead atoms. The lowest BCUT2D eigenvalue weighted by Gasteiger charge is -1.97. The largest absolute Gasteiger partial charge is 0.269 e. The summed E-state index contributed by atoms with van der Waals surface area (Å²) >= 11 is 0. The van der Waals surface area contributed by atoms with Gasteiger partial charge in [-0.3, -0.25) is 4.57 Å². The molecule has 1 aliphatic rings. The second-order valence-corrected chi connectivity index (χ2v) is 5.73. The number of para-hydroxylation sites is 1. The highest BCUT2D eigenvalue weighted by Gasteiger charge is 2.34. The third kappa shape index (κ3) is 1.17. The molecule has 0 N–H and O–H groups in total. The number of aromatic nitrogens is 4. The molecule has 0 atom stereocenters. The molecule has 4 heterocycles. The van der Waals surface area contributed by atoms with Crippen molar-refractivity contribution >= 4 is 22.1 Å². The van der Waals surface area contributed by atoms with Gasteiger partial charge in [-0.15, -0.1) is 0 Å². The lowest BCUT2D eigenvalue weighted by molar-refractivity contribution is -0.636. The maximum atomic E-state index is 4.60. The van der Waals surface area contributed by atoms with Crippen LogP contribution in [0.5, 0.6) is 0 Å². The van der Waals surface area contributed by atoms with Crippen molar-refractivity contribution in [2.45, 2.75) is 6.54 Å². The van der Waals surface area contributed by atoms with Crippen molar-refractivity contribution in [3.8, 4) is 11.5 Å². The lowest BCUT2D eigenvalue weighted by Crippen LogP contribution is -2.31. The zero-order valence-electron chi connectivity index (χ0n) is 12.0. The van der Waals surface area contributed by atoms with E-state index in [4.69, 9.17) is 0 Å². The van der Waals surface area contributed by atoms with Crippen LogP contribution < -0.4 is 4.57 Å². The molecule has 1 aliphatic heterocycles. The molecular weight excluding hydrogens is 260 g/mol. The minimum absolute atomic E-state index is 0.907. The predicted molar refractivity (Wildman–Crippen MR) is 81.9 cm³/mol. The van der Waals surface area contributed by atoms with Crippen LogP contribution in [0.2, 0.25) is 0 Å². The second kappa shape index (κ2) is 3.52. The third-order valence-corrected chi connectivity index (χ3v) is 4.64. The number of hydrogen-bond acceptors (Lipinski definition) is 1. The van der Waals surface area contributed by atoms with E-state index in [2.05, 4.69) is 63.1 Å². The smallest absolute Gasteiger partial charge is 0.259 e. The SMILES string of the molecule is Cn1c2ccccc2c2c1[n+](C)c1n2Cc2cccnc2-1. The highest BCUT2D eigenvalue weighted by molar-refractivity contribution is 6.04. The van der Waals surface area contributed by atoms with Gasteiger partial charge in [-0.05, 0) is 18.2 Å². The minimum Gasteiger partial charge on any atom is -0.259 e. The van der Waals surface area contributed by atoms with Gasteiger partial charge < -0.3 is 0 Å². The average molecular weight is 275 g/mol. The van der Waals surface area contributed by atoms with E-state index in [1.165, 1.54) is 33.5 Å². The first-order valence-electron chi connectivity index (χ1n) is 7.17. The summed E-state index contributed by atoms with van der Waals surface area (Å²) in [7, 11) is 4.27. The van der Waals surface area contributed by atoms with Crippen LogP contribution in [0, 0.1) is 0 Å². The summed E-state index contributed by atoms with van der Waals surface area (Å²) < 4.78 is 6.95. The molecule has 0 saturated heterocycles. The van der Waals surface area contributed by atoms with Crippen molar-refractivity contribution in [2.24, 2.45) is 14.1 Å². The monoisotopic (exact) mass is 275 g/mol. The van der Waals surface area contributed by atoms with E-state index < -0.39 is 0 Å². The summed E-state index contributed by atoms with van der Waals surface area (Å²) in [5.74, 6) is 1.21. The van der Waals surface area contributed by atoms with Crippen LogP contribution in [0.25, 0.3) is 33.6 Å². The third-order valence-electron chi connectivity index (χ3n) is 4.64.